The van der Waals surface area contributed by atoms with E-state index in [2.05, 4.69) is 16.8 Å². The van der Waals surface area contributed by atoms with Gasteiger partial charge < -0.3 is 10.6 Å². The van der Waals surface area contributed by atoms with Crippen molar-refractivity contribution in [1.29, 1.82) is 0 Å². The van der Waals surface area contributed by atoms with Crippen molar-refractivity contribution in [3.63, 3.8) is 0 Å². The summed E-state index contributed by atoms with van der Waals surface area (Å²) in [4.78, 5) is 6.49. The molecular weight excluding hydrogens is 246 g/mol. The van der Waals surface area contributed by atoms with Gasteiger partial charge in [-0.3, -0.25) is 4.99 Å². The molecule has 2 rings (SSSR count). The van der Waals surface area contributed by atoms with Crippen molar-refractivity contribution in [1.82, 2.24) is 0 Å². The topological polar surface area (TPSA) is 41.6 Å². The highest BCUT2D eigenvalue weighted by molar-refractivity contribution is 6.30. The summed E-state index contributed by atoms with van der Waals surface area (Å²) in [5.74, 6) is 0.624. The Bertz CT molecular complexity index is 414. The molecule has 0 aromatic heterocycles. The molecule has 0 fully saturated rings. The predicted octanol–water partition coefficient (Wildman–Crippen LogP) is 3.42. The van der Waals surface area contributed by atoms with E-state index in [9.17, 15) is 0 Å². The van der Waals surface area contributed by atoms with E-state index in [4.69, 9.17) is 17.3 Å². The summed E-state index contributed by atoms with van der Waals surface area (Å²) in [5, 5.41) is 0.746. The van der Waals surface area contributed by atoms with Gasteiger partial charge in [0.2, 0.25) is 0 Å². The lowest BCUT2D eigenvalue weighted by molar-refractivity contribution is 0.580. The molecule has 1 aromatic carbocycles. The third-order valence-electron chi connectivity index (χ3n) is 3.32. The highest BCUT2D eigenvalue weighted by Crippen LogP contribution is 2.25. The average molecular weight is 266 g/mol. The van der Waals surface area contributed by atoms with E-state index in [0.29, 0.717) is 12.0 Å². The van der Waals surface area contributed by atoms with Gasteiger partial charge in [0.1, 0.15) is 0 Å². The second-order valence-electron chi connectivity index (χ2n) is 4.69. The number of guanidine groups is 1. The fraction of sp³-hybridized carbons (Fsp3) is 0.500. The van der Waals surface area contributed by atoms with Gasteiger partial charge in [0.15, 0.2) is 5.96 Å². The maximum atomic E-state index is 5.99. The van der Waals surface area contributed by atoms with Crippen LogP contribution in [-0.4, -0.2) is 18.5 Å². The molecule has 98 valence electrons. The number of unbranched alkanes of at least 4 members (excludes halogenated alkanes) is 2. The molecule has 0 amide bonds. The molecule has 0 spiro atoms. The number of nitrogens with two attached hydrogens (primary N) is 1. The number of rotatable bonds is 5. The van der Waals surface area contributed by atoms with E-state index >= 15 is 0 Å². The Hall–Kier alpha value is -1.22. The highest BCUT2D eigenvalue weighted by atomic mass is 35.5. The van der Waals surface area contributed by atoms with Gasteiger partial charge >= 0.3 is 0 Å². The smallest absolute Gasteiger partial charge is 0.196 e. The van der Waals surface area contributed by atoms with Crippen molar-refractivity contribution in [2.75, 3.05) is 11.4 Å². The van der Waals surface area contributed by atoms with Gasteiger partial charge in [-0.1, -0.05) is 37.8 Å². The highest BCUT2D eigenvalue weighted by Gasteiger charge is 2.26. The first-order valence-corrected chi connectivity index (χ1v) is 6.95. The summed E-state index contributed by atoms with van der Waals surface area (Å²) in [6.45, 7) is 3.02. The largest absolute Gasteiger partial charge is 0.370 e. The maximum Gasteiger partial charge on any atom is 0.196 e. The summed E-state index contributed by atoms with van der Waals surface area (Å²) < 4.78 is 0. The van der Waals surface area contributed by atoms with Crippen molar-refractivity contribution in [3.05, 3.63) is 29.3 Å². The number of aliphatic imine (C=N–C) groups is 1. The molecule has 0 bridgehead atoms. The van der Waals surface area contributed by atoms with Crippen molar-refractivity contribution < 1.29 is 0 Å². The van der Waals surface area contributed by atoms with Crippen LogP contribution in [0.25, 0.3) is 0 Å². The normalized spacial score (nSPS) is 19.1. The molecule has 1 unspecified atom stereocenters. The molecule has 18 heavy (non-hydrogen) atoms. The second-order valence-corrected chi connectivity index (χ2v) is 5.13. The molecule has 1 aliphatic heterocycles. The number of nitrogens with zero attached hydrogens (tertiary/aromatic N) is 2. The van der Waals surface area contributed by atoms with Gasteiger partial charge in [-0.15, -0.1) is 0 Å². The second kappa shape index (κ2) is 6.10. The van der Waals surface area contributed by atoms with Crippen molar-refractivity contribution >= 4 is 23.2 Å². The van der Waals surface area contributed by atoms with E-state index < -0.39 is 0 Å². The zero-order chi connectivity index (χ0) is 13.0. The Morgan fingerprint density at radius 1 is 1.33 bits per heavy atom. The molecule has 4 heteroatoms. The number of halogens is 1. The molecule has 0 radical (unpaired) electrons. The molecule has 3 nitrogen and oxygen atoms in total. The van der Waals surface area contributed by atoms with Crippen LogP contribution in [0.3, 0.4) is 0 Å². The van der Waals surface area contributed by atoms with Crippen LogP contribution in [0.2, 0.25) is 5.02 Å². The minimum Gasteiger partial charge on any atom is -0.370 e. The van der Waals surface area contributed by atoms with Crippen LogP contribution >= 0.6 is 11.6 Å². The predicted molar refractivity (Wildman–Crippen MR) is 78.4 cm³/mol. The molecule has 1 heterocycles. The molecule has 1 aliphatic rings. The lowest BCUT2D eigenvalue weighted by Crippen LogP contribution is -2.40. The molecular formula is C14H20ClN3. The summed E-state index contributed by atoms with van der Waals surface area (Å²) in [6.07, 6.45) is 4.88. The minimum atomic E-state index is 0.401. The van der Waals surface area contributed by atoms with Crippen molar-refractivity contribution in [2.24, 2.45) is 10.7 Å². The lowest BCUT2D eigenvalue weighted by Gasteiger charge is -2.26. The van der Waals surface area contributed by atoms with E-state index in [-0.39, 0.29) is 0 Å². The Labute approximate surface area is 114 Å². The van der Waals surface area contributed by atoms with Gasteiger partial charge in [0, 0.05) is 10.7 Å². The fourth-order valence-corrected chi connectivity index (χ4v) is 2.46. The maximum absolute atomic E-state index is 5.99. The molecule has 0 saturated carbocycles. The van der Waals surface area contributed by atoms with E-state index in [1.807, 2.05) is 24.3 Å². The van der Waals surface area contributed by atoms with E-state index in [0.717, 1.165) is 23.7 Å². The summed E-state index contributed by atoms with van der Waals surface area (Å²) in [7, 11) is 0. The Kier molecular flexibility index (Phi) is 4.48. The van der Waals surface area contributed by atoms with E-state index in [1.54, 1.807) is 0 Å². The van der Waals surface area contributed by atoms with E-state index in [1.165, 1.54) is 19.3 Å². The quantitative estimate of drug-likeness (QED) is 0.829. The van der Waals surface area contributed by atoms with Crippen LogP contribution in [0, 0.1) is 0 Å². The SMILES string of the molecule is CCCCCC1CN=C(N)N1c1ccc(Cl)cc1. The van der Waals surface area contributed by atoms with Crippen LogP contribution in [0.1, 0.15) is 32.6 Å². The van der Waals surface area contributed by atoms with Crippen LogP contribution in [-0.2, 0) is 0 Å². The monoisotopic (exact) mass is 265 g/mol. The lowest BCUT2D eigenvalue weighted by atomic mass is 10.1. The third kappa shape index (κ3) is 2.96. The first-order valence-electron chi connectivity index (χ1n) is 6.57. The first kappa shape index (κ1) is 13.2. The Morgan fingerprint density at radius 3 is 2.72 bits per heavy atom. The number of hydrogen-bond donors (Lipinski definition) is 1. The zero-order valence-electron chi connectivity index (χ0n) is 10.8. The van der Waals surface area contributed by atoms with Crippen LogP contribution in [0.5, 0.6) is 0 Å². The Morgan fingerprint density at radius 2 is 2.06 bits per heavy atom. The average Bonchev–Trinajstić information content (AvgIpc) is 2.72. The van der Waals surface area contributed by atoms with Crippen molar-refractivity contribution in [2.45, 2.75) is 38.6 Å². The van der Waals surface area contributed by atoms with Crippen molar-refractivity contribution in [3.8, 4) is 0 Å². The van der Waals surface area contributed by atoms with Crippen LogP contribution in [0.15, 0.2) is 29.3 Å². The Balaban J connectivity index is 2.07. The zero-order valence-corrected chi connectivity index (χ0v) is 11.5. The number of benzene rings is 1. The van der Waals surface area contributed by atoms with Crippen LogP contribution in [0.4, 0.5) is 5.69 Å². The fourth-order valence-electron chi connectivity index (χ4n) is 2.34. The summed E-state index contributed by atoms with van der Waals surface area (Å²) >= 11 is 5.91. The number of hydrogen-bond acceptors (Lipinski definition) is 3. The molecule has 0 saturated heterocycles. The van der Waals surface area contributed by atoms with Gasteiger partial charge in [-0.25, -0.2) is 0 Å². The molecule has 1 aromatic rings. The molecule has 2 N–H and O–H groups in total. The molecule has 0 aliphatic carbocycles. The minimum absolute atomic E-state index is 0.401. The third-order valence-corrected chi connectivity index (χ3v) is 3.57. The van der Waals surface area contributed by atoms with Crippen LogP contribution < -0.4 is 10.6 Å². The van der Waals surface area contributed by atoms with Gasteiger partial charge in [-0.2, -0.15) is 0 Å². The first-order chi connectivity index (χ1) is 8.72. The van der Waals surface area contributed by atoms with Gasteiger partial charge in [0.25, 0.3) is 0 Å². The summed E-state index contributed by atoms with van der Waals surface area (Å²) in [5.41, 5.74) is 7.07. The van der Waals surface area contributed by atoms with Gasteiger partial charge in [0.05, 0.1) is 12.6 Å². The summed E-state index contributed by atoms with van der Waals surface area (Å²) in [6, 6.07) is 8.20. The number of anilines is 1. The van der Waals surface area contributed by atoms with Gasteiger partial charge in [-0.05, 0) is 30.7 Å². The molecule has 1 atom stereocenters. The standard InChI is InChI=1S/C14H20ClN3/c1-2-3-4-5-13-10-17-14(16)18(13)12-8-6-11(15)7-9-12/h6-9,13H,2-5,10H2,1H3,(H2,16,17).